The number of amides is 1. The Labute approximate surface area is 109 Å². The van der Waals surface area contributed by atoms with Gasteiger partial charge >= 0.3 is 0 Å². The molecular formula is C12H23ClN2O2. The second kappa shape index (κ2) is 7.19. The highest BCUT2D eigenvalue weighted by molar-refractivity contribution is 5.85. The van der Waals surface area contributed by atoms with Gasteiger partial charge in [-0.2, -0.15) is 0 Å². The Bertz CT molecular complexity index is 251. The zero-order chi connectivity index (χ0) is 11.4. The van der Waals surface area contributed by atoms with Gasteiger partial charge in [0.05, 0.1) is 6.10 Å². The van der Waals surface area contributed by atoms with Crippen LogP contribution < -0.4 is 11.1 Å². The summed E-state index contributed by atoms with van der Waals surface area (Å²) in [7, 11) is 0. The fourth-order valence-electron chi connectivity index (χ4n) is 2.90. The zero-order valence-corrected chi connectivity index (χ0v) is 11.0. The molecule has 100 valence electrons. The van der Waals surface area contributed by atoms with Crippen LogP contribution >= 0.6 is 12.4 Å². The van der Waals surface area contributed by atoms with Crippen LogP contribution in [0.4, 0.5) is 0 Å². The summed E-state index contributed by atoms with van der Waals surface area (Å²) in [6.07, 6.45) is 6.29. The van der Waals surface area contributed by atoms with Gasteiger partial charge in [0.1, 0.15) is 0 Å². The number of carbonyl (C=O) groups is 1. The number of carbonyl (C=O) groups excluding carboxylic acids is 1. The van der Waals surface area contributed by atoms with E-state index in [1.165, 1.54) is 12.8 Å². The van der Waals surface area contributed by atoms with E-state index in [4.69, 9.17) is 10.5 Å². The van der Waals surface area contributed by atoms with Gasteiger partial charge in [0, 0.05) is 25.0 Å². The van der Waals surface area contributed by atoms with Crippen molar-refractivity contribution in [1.82, 2.24) is 5.32 Å². The molecule has 2 aliphatic rings. The van der Waals surface area contributed by atoms with Crippen molar-refractivity contribution < 1.29 is 9.53 Å². The lowest BCUT2D eigenvalue weighted by molar-refractivity contribution is -0.122. The van der Waals surface area contributed by atoms with Gasteiger partial charge in [-0.3, -0.25) is 4.79 Å². The van der Waals surface area contributed by atoms with E-state index in [-0.39, 0.29) is 18.3 Å². The van der Waals surface area contributed by atoms with E-state index in [0.717, 1.165) is 25.9 Å². The predicted molar refractivity (Wildman–Crippen MR) is 69.2 cm³/mol. The highest BCUT2D eigenvalue weighted by Crippen LogP contribution is 2.34. The largest absolute Gasteiger partial charge is 0.378 e. The molecule has 1 heterocycles. The van der Waals surface area contributed by atoms with E-state index in [0.29, 0.717) is 31.0 Å². The Hall–Kier alpha value is -0.320. The Morgan fingerprint density at radius 2 is 2.18 bits per heavy atom. The van der Waals surface area contributed by atoms with Crippen molar-refractivity contribution in [3.63, 3.8) is 0 Å². The first-order valence-electron chi connectivity index (χ1n) is 6.42. The molecule has 5 heteroatoms. The Morgan fingerprint density at radius 3 is 2.94 bits per heavy atom. The molecule has 0 radical (unpaired) electrons. The molecule has 1 saturated heterocycles. The molecule has 17 heavy (non-hydrogen) atoms. The van der Waals surface area contributed by atoms with Gasteiger partial charge < -0.3 is 15.8 Å². The lowest BCUT2D eigenvalue weighted by atomic mass is 9.82. The first kappa shape index (κ1) is 14.7. The summed E-state index contributed by atoms with van der Waals surface area (Å²) in [6, 6.07) is 0.339. The fourth-order valence-corrected chi connectivity index (χ4v) is 2.90. The normalized spacial score (nSPS) is 31.5. The monoisotopic (exact) mass is 262 g/mol. The average molecular weight is 263 g/mol. The number of halogens is 1. The second-order valence-electron chi connectivity index (χ2n) is 4.86. The molecule has 2 fully saturated rings. The molecule has 1 aliphatic heterocycles. The molecular weight excluding hydrogens is 240 g/mol. The smallest absolute Gasteiger partial charge is 0.220 e. The molecule has 0 spiro atoms. The van der Waals surface area contributed by atoms with Crippen LogP contribution in [0.5, 0.6) is 0 Å². The van der Waals surface area contributed by atoms with Crippen molar-refractivity contribution in [2.45, 2.75) is 50.7 Å². The van der Waals surface area contributed by atoms with Gasteiger partial charge in [-0.1, -0.05) is 0 Å². The van der Waals surface area contributed by atoms with Gasteiger partial charge in [0.25, 0.3) is 0 Å². The van der Waals surface area contributed by atoms with Crippen molar-refractivity contribution in [3.8, 4) is 0 Å². The molecule has 3 atom stereocenters. The predicted octanol–water partition coefficient (Wildman–Crippen LogP) is 1.22. The van der Waals surface area contributed by atoms with Crippen LogP contribution in [0.2, 0.25) is 0 Å². The minimum atomic E-state index is 0. The van der Waals surface area contributed by atoms with E-state index < -0.39 is 0 Å². The van der Waals surface area contributed by atoms with Crippen molar-refractivity contribution in [2.24, 2.45) is 11.7 Å². The molecule has 0 aromatic rings. The van der Waals surface area contributed by atoms with Crippen molar-refractivity contribution >= 4 is 18.3 Å². The SMILES string of the molecule is Cl.NCCCC(=O)NC1CCCC2OCCC12. The molecule has 1 aliphatic carbocycles. The summed E-state index contributed by atoms with van der Waals surface area (Å²) >= 11 is 0. The minimum absolute atomic E-state index is 0. The van der Waals surface area contributed by atoms with Crippen LogP contribution in [0, 0.1) is 5.92 Å². The summed E-state index contributed by atoms with van der Waals surface area (Å²) in [5, 5.41) is 3.15. The van der Waals surface area contributed by atoms with Crippen LogP contribution in [0.15, 0.2) is 0 Å². The molecule has 3 unspecified atom stereocenters. The Kier molecular flexibility index (Phi) is 6.23. The minimum Gasteiger partial charge on any atom is -0.378 e. The van der Waals surface area contributed by atoms with Gasteiger partial charge in [0.2, 0.25) is 5.91 Å². The third-order valence-corrected chi connectivity index (χ3v) is 3.74. The van der Waals surface area contributed by atoms with Crippen LogP contribution in [0.3, 0.4) is 0 Å². The summed E-state index contributed by atoms with van der Waals surface area (Å²) in [4.78, 5) is 11.7. The average Bonchev–Trinajstić information content (AvgIpc) is 2.75. The van der Waals surface area contributed by atoms with Crippen LogP contribution in [-0.4, -0.2) is 31.2 Å². The quantitative estimate of drug-likeness (QED) is 0.801. The van der Waals surface area contributed by atoms with Gasteiger partial charge in [0.15, 0.2) is 0 Å². The van der Waals surface area contributed by atoms with Gasteiger partial charge in [-0.05, 0) is 38.6 Å². The van der Waals surface area contributed by atoms with Crippen molar-refractivity contribution in [3.05, 3.63) is 0 Å². The molecule has 4 nitrogen and oxygen atoms in total. The van der Waals surface area contributed by atoms with Gasteiger partial charge in [-0.25, -0.2) is 0 Å². The number of fused-ring (bicyclic) bond motifs is 1. The highest BCUT2D eigenvalue weighted by atomic mass is 35.5. The number of ether oxygens (including phenoxy) is 1. The fraction of sp³-hybridized carbons (Fsp3) is 0.917. The first-order chi connectivity index (χ1) is 7.81. The number of hydrogen-bond donors (Lipinski definition) is 2. The van der Waals surface area contributed by atoms with E-state index >= 15 is 0 Å². The maximum absolute atomic E-state index is 11.7. The molecule has 1 amide bonds. The summed E-state index contributed by atoms with van der Waals surface area (Å²) in [5.41, 5.74) is 5.40. The van der Waals surface area contributed by atoms with Crippen LogP contribution in [-0.2, 0) is 9.53 Å². The number of rotatable bonds is 4. The molecule has 0 bridgehead atoms. The van der Waals surface area contributed by atoms with Gasteiger partial charge in [-0.15, -0.1) is 12.4 Å². The summed E-state index contributed by atoms with van der Waals surface area (Å²) in [5.74, 6) is 0.707. The topological polar surface area (TPSA) is 64.4 Å². The summed E-state index contributed by atoms with van der Waals surface area (Å²) < 4.78 is 5.68. The third-order valence-electron chi connectivity index (χ3n) is 3.74. The highest BCUT2D eigenvalue weighted by Gasteiger charge is 2.37. The number of nitrogens with one attached hydrogen (secondary N) is 1. The lowest BCUT2D eigenvalue weighted by Gasteiger charge is -2.33. The van der Waals surface area contributed by atoms with E-state index in [9.17, 15) is 4.79 Å². The molecule has 2 rings (SSSR count). The molecule has 3 N–H and O–H groups in total. The van der Waals surface area contributed by atoms with E-state index in [2.05, 4.69) is 5.32 Å². The Balaban J connectivity index is 0.00000144. The van der Waals surface area contributed by atoms with Crippen LogP contribution in [0.25, 0.3) is 0 Å². The lowest BCUT2D eigenvalue weighted by Crippen LogP contribution is -2.45. The maximum atomic E-state index is 11.7. The number of nitrogens with two attached hydrogens (primary N) is 1. The molecule has 0 aromatic carbocycles. The molecule has 1 saturated carbocycles. The summed E-state index contributed by atoms with van der Waals surface area (Å²) in [6.45, 7) is 1.46. The Morgan fingerprint density at radius 1 is 1.35 bits per heavy atom. The second-order valence-corrected chi connectivity index (χ2v) is 4.86. The van der Waals surface area contributed by atoms with Crippen molar-refractivity contribution in [1.29, 1.82) is 0 Å². The number of hydrogen-bond acceptors (Lipinski definition) is 3. The van der Waals surface area contributed by atoms with Crippen LogP contribution in [0.1, 0.15) is 38.5 Å². The maximum Gasteiger partial charge on any atom is 0.220 e. The van der Waals surface area contributed by atoms with Crippen molar-refractivity contribution in [2.75, 3.05) is 13.2 Å². The molecule has 0 aromatic heterocycles. The van der Waals surface area contributed by atoms with E-state index in [1.54, 1.807) is 0 Å². The third kappa shape index (κ3) is 3.83. The standard InChI is InChI=1S/C12H22N2O2.ClH/c13-7-2-5-12(15)14-10-3-1-4-11-9(10)6-8-16-11;/h9-11H,1-8,13H2,(H,14,15);1H. The first-order valence-corrected chi connectivity index (χ1v) is 6.42. The zero-order valence-electron chi connectivity index (χ0n) is 10.2. The van der Waals surface area contributed by atoms with E-state index in [1.807, 2.05) is 0 Å².